The van der Waals surface area contributed by atoms with Crippen molar-refractivity contribution in [3.8, 4) is 5.75 Å². The molecule has 0 aromatic heterocycles. The molecule has 3 rings (SSSR count). The molecule has 2 fully saturated rings. The van der Waals surface area contributed by atoms with Gasteiger partial charge in [0, 0.05) is 19.6 Å². The summed E-state index contributed by atoms with van der Waals surface area (Å²) >= 11 is 1.32. The van der Waals surface area contributed by atoms with E-state index >= 15 is 0 Å². The molecule has 0 spiro atoms. The van der Waals surface area contributed by atoms with Crippen molar-refractivity contribution in [3.05, 3.63) is 29.8 Å². The van der Waals surface area contributed by atoms with Crippen molar-refractivity contribution in [2.45, 2.75) is 37.0 Å². The third-order valence-corrected chi connectivity index (χ3v) is 5.62. The Morgan fingerprint density at radius 1 is 1.41 bits per heavy atom. The number of rotatable bonds is 8. The average Bonchev–Trinajstić information content (AvgIpc) is 3.31. The lowest BCUT2D eigenvalue weighted by molar-refractivity contribution is -0.125. The predicted octanol–water partition coefficient (Wildman–Crippen LogP) is 1.51. The minimum Gasteiger partial charge on any atom is -0.497 e. The fourth-order valence-corrected chi connectivity index (χ4v) is 3.95. The molecular formula is C19H25N3O4S. The van der Waals surface area contributed by atoms with E-state index in [9.17, 15) is 9.59 Å². The molecule has 2 aliphatic heterocycles. The maximum absolute atomic E-state index is 12.1. The van der Waals surface area contributed by atoms with E-state index in [4.69, 9.17) is 9.47 Å². The summed E-state index contributed by atoms with van der Waals surface area (Å²) in [7, 11) is 1.63. The molecular weight excluding hydrogens is 366 g/mol. The van der Waals surface area contributed by atoms with Gasteiger partial charge >= 0.3 is 0 Å². The molecule has 1 aromatic carbocycles. The number of nitrogens with zero attached hydrogens (tertiary/aromatic N) is 1. The quantitative estimate of drug-likeness (QED) is 0.701. The molecule has 2 amide bonds. The van der Waals surface area contributed by atoms with Gasteiger partial charge in [-0.25, -0.2) is 0 Å². The molecule has 2 heterocycles. The van der Waals surface area contributed by atoms with Crippen LogP contribution in [0.4, 0.5) is 0 Å². The van der Waals surface area contributed by atoms with E-state index < -0.39 is 5.25 Å². The third kappa shape index (κ3) is 5.97. The monoisotopic (exact) mass is 391 g/mol. The van der Waals surface area contributed by atoms with Gasteiger partial charge in [-0.3, -0.25) is 14.6 Å². The Morgan fingerprint density at radius 2 is 2.22 bits per heavy atom. The van der Waals surface area contributed by atoms with Crippen molar-refractivity contribution in [2.75, 3.05) is 26.8 Å². The van der Waals surface area contributed by atoms with Gasteiger partial charge in [-0.05, 0) is 37.0 Å². The SMILES string of the molecule is COc1ccc(CCNC(=O)CC2SC(=NCC3CCCO3)NC2=O)cc1. The molecule has 8 heteroatoms. The van der Waals surface area contributed by atoms with E-state index in [2.05, 4.69) is 15.6 Å². The highest BCUT2D eigenvalue weighted by atomic mass is 32.2. The van der Waals surface area contributed by atoms with Crippen LogP contribution in [0.2, 0.25) is 0 Å². The number of thioether (sulfide) groups is 1. The first-order chi connectivity index (χ1) is 13.1. The minimum atomic E-state index is -0.422. The van der Waals surface area contributed by atoms with Crippen molar-refractivity contribution in [1.29, 1.82) is 0 Å². The highest BCUT2D eigenvalue weighted by Crippen LogP contribution is 2.23. The molecule has 27 heavy (non-hydrogen) atoms. The Morgan fingerprint density at radius 3 is 2.93 bits per heavy atom. The number of carbonyl (C=O) groups excluding carboxylic acids is 2. The van der Waals surface area contributed by atoms with Gasteiger partial charge in [-0.15, -0.1) is 0 Å². The molecule has 0 bridgehead atoms. The van der Waals surface area contributed by atoms with Gasteiger partial charge in [0.05, 0.1) is 19.8 Å². The Bertz CT molecular complexity index is 687. The second kappa shape index (κ2) is 9.75. The van der Waals surface area contributed by atoms with E-state index in [0.29, 0.717) is 18.3 Å². The van der Waals surface area contributed by atoms with Crippen LogP contribution in [0.5, 0.6) is 5.75 Å². The van der Waals surface area contributed by atoms with Crippen LogP contribution in [0.25, 0.3) is 0 Å². The van der Waals surface area contributed by atoms with Gasteiger partial charge in [0.2, 0.25) is 11.8 Å². The molecule has 1 aromatic rings. The maximum Gasteiger partial charge on any atom is 0.240 e. The average molecular weight is 391 g/mol. The normalized spacial score (nSPS) is 23.4. The van der Waals surface area contributed by atoms with Crippen LogP contribution in [0, 0.1) is 0 Å². The largest absolute Gasteiger partial charge is 0.497 e. The Labute approximate surface area is 163 Å². The number of nitrogens with one attached hydrogen (secondary N) is 2. The molecule has 2 atom stereocenters. The van der Waals surface area contributed by atoms with Gasteiger partial charge in [0.15, 0.2) is 5.17 Å². The van der Waals surface area contributed by atoms with Crippen molar-refractivity contribution in [3.63, 3.8) is 0 Å². The van der Waals surface area contributed by atoms with E-state index in [1.807, 2.05) is 24.3 Å². The van der Waals surface area contributed by atoms with Crippen LogP contribution < -0.4 is 15.4 Å². The molecule has 7 nitrogen and oxygen atoms in total. The molecule has 0 radical (unpaired) electrons. The van der Waals surface area contributed by atoms with E-state index in [1.165, 1.54) is 11.8 Å². The number of benzene rings is 1. The van der Waals surface area contributed by atoms with Crippen LogP contribution in [0.15, 0.2) is 29.3 Å². The number of hydrogen-bond donors (Lipinski definition) is 2. The zero-order chi connectivity index (χ0) is 19.1. The van der Waals surface area contributed by atoms with Crippen LogP contribution in [0.3, 0.4) is 0 Å². The fraction of sp³-hybridized carbons (Fsp3) is 0.526. The van der Waals surface area contributed by atoms with Crippen molar-refractivity contribution >= 4 is 28.7 Å². The van der Waals surface area contributed by atoms with Crippen molar-refractivity contribution < 1.29 is 19.1 Å². The summed E-state index contributed by atoms with van der Waals surface area (Å²) < 4.78 is 10.6. The summed E-state index contributed by atoms with van der Waals surface area (Å²) in [6.45, 7) is 1.88. The first-order valence-corrected chi connectivity index (χ1v) is 10.0. The number of amidine groups is 1. The molecule has 2 saturated heterocycles. The first-order valence-electron chi connectivity index (χ1n) is 9.17. The molecule has 2 aliphatic rings. The van der Waals surface area contributed by atoms with Gasteiger partial charge < -0.3 is 20.1 Å². The standard InChI is InChI=1S/C19H25N3O4S/c1-25-14-6-4-13(5-7-14)8-9-20-17(23)11-16-18(24)22-19(27-16)21-12-15-3-2-10-26-15/h4-7,15-16H,2-3,8-12H2,1H3,(H,20,23)(H,21,22,24). The second-order valence-corrected chi connectivity index (χ2v) is 7.72. The number of hydrogen-bond acceptors (Lipinski definition) is 6. The topological polar surface area (TPSA) is 89.0 Å². The van der Waals surface area contributed by atoms with Gasteiger partial charge in [0.25, 0.3) is 0 Å². The minimum absolute atomic E-state index is 0.128. The second-order valence-electron chi connectivity index (χ2n) is 6.53. The Balaban J connectivity index is 1.38. The summed E-state index contributed by atoms with van der Waals surface area (Å²) in [6, 6.07) is 7.74. The zero-order valence-corrected chi connectivity index (χ0v) is 16.2. The van der Waals surface area contributed by atoms with Crippen LogP contribution >= 0.6 is 11.8 Å². The Hall–Kier alpha value is -2.06. The lowest BCUT2D eigenvalue weighted by Crippen LogP contribution is -2.32. The maximum atomic E-state index is 12.1. The molecule has 0 saturated carbocycles. The predicted molar refractivity (Wildman–Crippen MR) is 105 cm³/mol. The summed E-state index contributed by atoms with van der Waals surface area (Å²) in [5.41, 5.74) is 1.12. The van der Waals surface area contributed by atoms with E-state index in [-0.39, 0.29) is 24.3 Å². The first kappa shape index (κ1) is 19.7. The number of methoxy groups -OCH3 is 1. The van der Waals surface area contributed by atoms with E-state index in [1.54, 1.807) is 7.11 Å². The van der Waals surface area contributed by atoms with Gasteiger partial charge in [0.1, 0.15) is 11.0 Å². The fourth-order valence-electron chi connectivity index (χ4n) is 2.97. The number of carbonyl (C=O) groups is 2. The Kier molecular flexibility index (Phi) is 7.11. The van der Waals surface area contributed by atoms with E-state index in [0.717, 1.165) is 37.2 Å². The third-order valence-electron chi connectivity index (χ3n) is 4.50. The van der Waals surface area contributed by atoms with Crippen LogP contribution in [-0.2, 0) is 20.7 Å². The summed E-state index contributed by atoms with van der Waals surface area (Å²) in [5.74, 6) is 0.525. The van der Waals surface area contributed by atoms with Gasteiger partial charge in [-0.1, -0.05) is 23.9 Å². The molecule has 2 unspecified atom stereocenters. The molecule has 0 aliphatic carbocycles. The smallest absolute Gasteiger partial charge is 0.240 e. The summed E-state index contributed by atoms with van der Waals surface area (Å²) in [6.07, 6.45) is 3.10. The van der Waals surface area contributed by atoms with Crippen molar-refractivity contribution in [2.24, 2.45) is 4.99 Å². The number of amides is 2. The lowest BCUT2D eigenvalue weighted by atomic mass is 10.1. The highest BCUT2D eigenvalue weighted by molar-refractivity contribution is 8.15. The zero-order valence-electron chi connectivity index (χ0n) is 15.4. The number of ether oxygens (including phenoxy) is 2. The summed E-state index contributed by atoms with van der Waals surface area (Å²) in [5, 5.41) is 5.80. The number of aliphatic imine (C=N–C) groups is 1. The highest BCUT2D eigenvalue weighted by Gasteiger charge is 2.32. The molecule has 2 N–H and O–H groups in total. The summed E-state index contributed by atoms with van der Waals surface area (Å²) in [4.78, 5) is 28.6. The molecule has 146 valence electrons. The lowest BCUT2D eigenvalue weighted by Gasteiger charge is -2.08. The van der Waals surface area contributed by atoms with Crippen LogP contribution in [0.1, 0.15) is 24.8 Å². The van der Waals surface area contributed by atoms with Gasteiger partial charge in [-0.2, -0.15) is 0 Å². The van der Waals surface area contributed by atoms with Crippen molar-refractivity contribution in [1.82, 2.24) is 10.6 Å². The van der Waals surface area contributed by atoms with Crippen LogP contribution in [-0.4, -0.2) is 55.1 Å².